The summed E-state index contributed by atoms with van der Waals surface area (Å²) in [7, 11) is 1.58. The minimum absolute atomic E-state index is 0.0428. The van der Waals surface area contributed by atoms with E-state index >= 15 is 0 Å². The summed E-state index contributed by atoms with van der Waals surface area (Å²) in [6, 6.07) is 9.72. The Labute approximate surface area is 170 Å². The minimum atomic E-state index is -0.162. The van der Waals surface area contributed by atoms with Crippen molar-refractivity contribution in [1.82, 2.24) is 16.0 Å². The summed E-state index contributed by atoms with van der Waals surface area (Å²) in [5, 5.41) is 11.3. The summed E-state index contributed by atoms with van der Waals surface area (Å²) >= 11 is 1.71. The van der Waals surface area contributed by atoms with E-state index in [-0.39, 0.29) is 12.5 Å². The molecule has 0 bridgehead atoms. The number of carbonyl (C=O) groups is 1. The highest BCUT2D eigenvalue weighted by atomic mass is 32.1. The van der Waals surface area contributed by atoms with Crippen LogP contribution < -0.4 is 25.4 Å². The number of likely N-dealkylation sites (N-methyl/N-ethyl adjacent to an activating group) is 1. The Hall–Kier alpha value is -2.74. The van der Waals surface area contributed by atoms with Crippen LogP contribution in [0.4, 0.5) is 0 Å². The second kappa shape index (κ2) is 11.9. The van der Waals surface area contributed by atoms with Gasteiger partial charge in [0.15, 0.2) is 24.1 Å². The molecular formula is C20H28N4O3S. The molecule has 8 heteroatoms. The first-order valence-corrected chi connectivity index (χ1v) is 10.1. The molecule has 2 aromatic rings. The molecule has 1 amide bonds. The zero-order valence-corrected chi connectivity index (χ0v) is 17.4. The summed E-state index contributed by atoms with van der Waals surface area (Å²) in [6.45, 7) is 6.44. The molecule has 0 aliphatic rings. The van der Waals surface area contributed by atoms with Gasteiger partial charge in [0.25, 0.3) is 5.91 Å². The Kier molecular flexibility index (Phi) is 9.14. The van der Waals surface area contributed by atoms with E-state index in [0.29, 0.717) is 24.6 Å². The molecule has 0 unspecified atom stereocenters. The van der Waals surface area contributed by atoms with Crippen LogP contribution in [0.5, 0.6) is 11.5 Å². The van der Waals surface area contributed by atoms with Crippen molar-refractivity contribution in [3.8, 4) is 11.5 Å². The van der Waals surface area contributed by atoms with Gasteiger partial charge in [0.1, 0.15) is 0 Å². The number of hydrogen-bond donors (Lipinski definition) is 3. The van der Waals surface area contributed by atoms with Crippen LogP contribution in [0.2, 0.25) is 0 Å². The van der Waals surface area contributed by atoms with Gasteiger partial charge >= 0.3 is 0 Å². The lowest BCUT2D eigenvalue weighted by atomic mass is 10.2. The number of carbonyl (C=O) groups excluding carboxylic acids is 1. The Balaban J connectivity index is 1.98. The minimum Gasteiger partial charge on any atom is -0.493 e. The molecule has 1 heterocycles. The van der Waals surface area contributed by atoms with E-state index in [1.807, 2.05) is 32.0 Å². The van der Waals surface area contributed by atoms with E-state index < -0.39 is 0 Å². The zero-order chi connectivity index (χ0) is 20.2. The van der Waals surface area contributed by atoms with Gasteiger partial charge in [-0.3, -0.25) is 4.79 Å². The van der Waals surface area contributed by atoms with E-state index in [1.54, 1.807) is 24.5 Å². The largest absolute Gasteiger partial charge is 0.493 e. The number of rotatable bonds is 10. The van der Waals surface area contributed by atoms with Crippen molar-refractivity contribution in [3.05, 3.63) is 46.2 Å². The van der Waals surface area contributed by atoms with Crippen LogP contribution in [0.15, 0.2) is 40.7 Å². The van der Waals surface area contributed by atoms with E-state index in [0.717, 1.165) is 24.6 Å². The summed E-state index contributed by atoms with van der Waals surface area (Å²) in [6.07, 6.45) is 0. The van der Waals surface area contributed by atoms with Gasteiger partial charge in [-0.05, 0) is 43.0 Å². The van der Waals surface area contributed by atoms with Gasteiger partial charge in [0, 0.05) is 18.0 Å². The van der Waals surface area contributed by atoms with Gasteiger partial charge in [-0.1, -0.05) is 12.1 Å². The van der Waals surface area contributed by atoms with Crippen molar-refractivity contribution >= 4 is 23.2 Å². The maximum Gasteiger partial charge on any atom is 0.257 e. The summed E-state index contributed by atoms with van der Waals surface area (Å²) in [5.74, 6) is 1.70. The van der Waals surface area contributed by atoms with E-state index in [1.165, 1.54) is 4.88 Å². The molecule has 0 fully saturated rings. The van der Waals surface area contributed by atoms with E-state index in [2.05, 4.69) is 32.4 Å². The molecule has 7 nitrogen and oxygen atoms in total. The summed E-state index contributed by atoms with van der Waals surface area (Å²) < 4.78 is 10.9. The fourth-order valence-corrected chi connectivity index (χ4v) is 3.06. The lowest BCUT2D eigenvalue weighted by molar-refractivity contribution is -0.123. The van der Waals surface area contributed by atoms with Gasteiger partial charge in [-0.25, -0.2) is 4.99 Å². The fourth-order valence-electron chi connectivity index (χ4n) is 2.42. The third-order valence-corrected chi connectivity index (χ3v) is 4.61. The molecule has 0 atom stereocenters. The van der Waals surface area contributed by atoms with Gasteiger partial charge in [-0.15, -0.1) is 11.3 Å². The van der Waals surface area contributed by atoms with Gasteiger partial charge in [0.05, 0.1) is 20.2 Å². The van der Waals surface area contributed by atoms with Crippen LogP contribution in [-0.4, -0.2) is 38.7 Å². The molecule has 1 aromatic heterocycles. The number of nitrogens with one attached hydrogen (secondary N) is 3. The summed E-state index contributed by atoms with van der Waals surface area (Å²) in [5.41, 5.74) is 0.982. The van der Waals surface area contributed by atoms with Crippen molar-refractivity contribution < 1.29 is 14.3 Å². The lowest BCUT2D eigenvalue weighted by Crippen LogP contribution is -2.36. The molecule has 1 aromatic carbocycles. The molecule has 0 radical (unpaired) electrons. The molecule has 0 saturated carbocycles. The van der Waals surface area contributed by atoms with Crippen molar-refractivity contribution in [2.45, 2.75) is 26.9 Å². The van der Waals surface area contributed by atoms with Crippen LogP contribution >= 0.6 is 11.3 Å². The number of thiophene rings is 1. The topological polar surface area (TPSA) is 84.0 Å². The molecule has 0 aliphatic carbocycles. The van der Waals surface area contributed by atoms with E-state index in [4.69, 9.17) is 9.47 Å². The summed E-state index contributed by atoms with van der Waals surface area (Å²) in [4.78, 5) is 17.4. The van der Waals surface area contributed by atoms with Crippen molar-refractivity contribution in [3.63, 3.8) is 0 Å². The number of hydrogen-bond acceptors (Lipinski definition) is 5. The van der Waals surface area contributed by atoms with Crippen molar-refractivity contribution in [1.29, 1.82) is 0 Å². The van der Waals surface area contributed by atoms with Crippen LogP contribution in [0, 0.1) is 0 Å². The number of benzene rings is 1. The smallest absolute Gasteiger partial charge is 0.257 e. The van der Waals surface area contributed by atoms with Crippen molar-refractivity contribution in [2.75, 3.05) is 26.8 Å². The molecule has 3 N–H and O–H groups in total. The average Bonchev–Trinajstić information content (AvgIpc) is 3.22. The molecule has 0 spiro atoms. The lowest BCUT2D eigenvalue weighted by Gasteiger charge is -2.13. The molecule has 152 valence electrons. The highest BCUT2D eigenvalue weighted by Gasteiger charge is 2.08. The fraction of sp³-hybridized carbons (Fsp3) is 0.400. The number of methoxy groups -OCH3 is 1. The maximum atomic E-state index is 11.6. The Bertz CT molecular complexity index is 763. The van der Waals surface area contributed by atoms with Gasteiger partial charge < -0.3 is 25.4 Å². The van der Waals surface area contributed by atoms with Crippen LogP contribution in [0.25, 0.3) is 0 Å². The second-order valence-electron chi connectivity index (χ2n) is 5.86. The van der Waals surface area contributed by atoms with Crippen LogP contribution in [0.3, 0.4) is 0 Å². The Morgan fingerprint density at radius 2 is 1.93 bits per heavy atom. The van der Waals surface area contributed by atoms with Gasteiger partial charge in [-0.2, -0.15) is 0 Å². The second-order valence-corrected chi connectivity index (χ2v) is 6.89. The Morgan fingerprint density at radius 3 is 2.61 bits per heavy atom. The average molecular weight is 405 g/mol. The Morgan fingerprint density at radius 1 is 1.11 bits per heavy atom. The predicted octanol–water partition coefficient (Wildman–Crippen LogP) is 2.53. The van der Waals surface area contributed by atoms with Crippen molar-refractivity contribution in [2.24, 2.45) is 4.99 Å². The normalized spacial score (nSPS) is 11.0. The zero-order valence-electron chi connectivity index (χ0n) is 16.6. The first kappa shape index (κ1) is 21.6. The monoisotopic (exact) mass is 404 g/mol. The third kappa shape index (κ3) is 7.11. The predicted molar refractivity (Wildman–Crippen MR) is 113 cm³/mol. The molecule has 28 heavy (non-hydrogen) atoms. The maximum absolute atomic E-state index is 11.6. The molecular weight excluding hydrogens is 376 g/mol. The third-order valence-electron chi connectivity index (χ3n) is 3.73. The number of ether oxygens (including phenoxy) is 2. The highest BCUT2D eigenvalue weighted by molar-refractivity contribution is 7.09. The van der Waals surface area contributed by atoms with Crippen LogP contribution in [-0.2, 0) is 17.9 Å². The number of guanidine groups is 1. The first-order valence-electron chi connectivity index (χ1n) is 9.27. The van der Waals surface area contributed by atoms with Gasteiger partial charge in [0.2, 0.25) is 0 Å². The molecule has 0 aliphatic heterocycles. The number of nitrogens with zero attached hydrogens (tertiary/aromatic N) is 1. The van der Waals surface area contributed by atoms with E-state index in [9.17, 15) is 4.79 Å². The first-order chi connectivity index (χ1) is 13.7. The standard InChI is InChI=1S/C20H28N4O3S/c1-4-21-19(25)14-27-17-9-8-15(11-18(17)26-3)12-23-20(22-5-2)24-13-16-7-6-10-28-16/h6-11H,4-5,12-14H2,1-3H3,(H,21,25)(H2,22,23,24). The molecule has 2 rings (SSSR count). The number of amides is 1. The quantitative estimate of drug-likeness (QED) is 0.419. The van der Waals surface area contributed by atoms with Crippen LogP contribution in [0.1, 0.15) is 24.3 Å². The molecule has 0 saturated heterocycles. The number of aliphatic imine (C=N–C) groups is 1. The highest BCUT2D eigenvalue weighted by Crippen LogP contribution is 2.28. The SMILES string of the molecule is CCNC(=O)COc1ccc(CN=C(NCC)NCc2cccs2)cc1OC.